The molecule has 1 atom stereocenters. The van der Waals surface area contributed by atoms with Gasteiger partial charge in [-0.2, -0.15) is 0 Å². The number of benzene rings is 1. The van der Waals surface area contributed by atoms with E-state index in [1.165, 1.54) is 7.11 Å². The Balaban J connectivity index is 2.62. The monoisotopic (exact) mass is 280 g/mol. The van der Waals surface area contributed by atoms with Crippen LogP contribution in [0.3, 0.4) is 0 Å². The molecule has 0 bridgehead atoms. The molecule has 1 aromatic rings. The van der Waals surface area contributed by atoms with Crippen molar-refractivity contribution in [3.05, 3.63) is 29.8 Å². The van der Waals surface area contributed by atoms with Gasteiger partial charge in [-0.3, -0.25) is 0 Å². The van der Waals surface area contributed by atoms with E-state index in [2.05, 4.69) is 29.2 Å². The second kappa shape index (κ2) is 7.74. The number of nitrogens with one attached hydrogen (secondary N) is 2. The fraction of sp³-hybridized carbons (Fsp3) is 0.429. The number of rotatable bonds is 5. The quantitative estimate of drug-likeness (QED) is 0.641. The molecule has 0 radical (unpaired) electrons. The second-order valence-electron chi connectivity index (χ2n) is 4.36. The molecule has 2 N–H and O–H groups in total. The average molecular weight is 280 g/mol. The van der Waals surface area contributed by atoms with Crippen LogP contribution in [0.15, 0.2) is 24.3 Å². The van der Waals surface area contributed by atoms with Crippen LogP contribution >= 0.6 is 12.2 Å². The summed E-state index contributed by atoms with van der Waals surface area (Å²) >= 11 is 5.23. The molecule has 19 heavy (non-hydrogen) atoms. The molecule has 1 rings (SSSR count). The number of hydrogen-bond donors (Lipinski definition) is 2. The van der Waals surface area contributed by atoms with Gasteiger partial charge >= 0.3 is 5.97 Å². The van der Waals surface area contributed by atoms with Crippen molar-refractivity contribution in [2.24, 2.45) is 0 Å². The Morgan fingerprint density at radius 2 is 2.21 bits per heavy atom. The van der Waals surface area contributed by atoms with E-state index in [9.17, 15) is 4.79 Å². The zero-order chi connectivity index (χ0) is 14.3. The Morgan fingerprint density at radius 1 is 1.47 bits per heavy atom. The van der Waals surface area contributed by atoms with Crippen LogP contribution in [0.4, 0.5) is 5.69 Å². The molecule has 0 spiro atoms. The molecule has 0 fully saturated rings. The standard InChI is InChI=1S/C14H20N2O2S/c1-4-6-10(2)15-14(19)16-12-8-5-7-11(9-12)13(17)18-3/h5,7-10H,4,6H2,1-3H3,(H2,15,16,19)/t10-/m1/s1. The minimum atomic E-state index is -0.359. The van der Waals surface area contributed by atoms with Crippen molar-refractivity contribution in [1.29, 1.82) is 0 Å². The van der Waals surface area contributed by atoms with Gasteiger partial charge in [0.2, 0.25) is 0 Å². The highest BCUT2D eigenvalue weighted by molar-refractivity contribution is 7.80. The van der Waals surface area contributed by atoms with E-state index in [0.717, 1.165) is 18.5 Å². The third-order valence-electron chi connectivity index (χ3n) is 2.64. The van der Waals surface area contributed by atoms with Crippen molar-refractivity contribution >= 4 is 29.0 Å². The summed E-state index contributed by atoms with van der Waals surface area (Å²) < 4.78 is 4.68. The smallest absolute Gasteiger partial charge is 0.337 e. The SMILES string of the molecule is CCC[C@@H](C)NC(=S)Nc1cccc(C(=O)OC)c1. The molecule has 104 valence electrons. The number of hydrogen-bond acceptors (Lipinski definition) is 3. The van der Waals surface area contributed by atoms with Crippen molar-refractivity contribution in [3.8, 4) is 0 Å². The Kier molecular flexibility index (Phi) is 6.29. The summed E-state index contributed by atoms with van der Waals surface area (Å²) in [5, 5.41) is 6.82. The van der Waals surface area contributed by atoms with E-state index in [4.69, 9.17) is 12.2 Å². The highest BCUT2D eigenvalue weighted by Crippen LogP contribution is 2.11. The van der Waals surface area contributed by atoms with Crippen molar-refractivity contribution in [2.75, 3.05) is 12.4 Å². The topological polar surface area (TPSA) is 50.4 Å². The average Bonchev–Trinajstić information content (AvgIpc) is 2.38. The highest BCUT2D eigenvalue weighted by Gasteiger charge is 2.07. The van der Waals surface area contributed by atoms with Gasteiger partial charge < -0.3 is 15.4 Å². The predicted octanol–water partition coefficient (Wildman–Crippen LogP) is 2.95. The summed E-state index contributed by atoms with van der Waals surface area (Å²) in [5.41, 5.74) is 1.26. The minimum absolute atomic E-state index is 0.328. The van der Waals surface area contributed by atoms with E-state index >= 15 is 0 Å². The third kappa shape index (κ3) is 5.26. The first-order valence-corrected chi connectivity index (χ1v) is 6.73. The summed E-state index contributed by atoms with van der Waals surface area (Å²) in [6, 6.07) is 7.38. The van der Waals surface area contributed by atoms with Crippen LogP contribution in [0.5, 0.6) is 0 Å². The molecular formula is C14H20N2O2S. The van der Waals surface area contributed by atoms with Gasteiger partial charge in [-0.1, -0.05) is 19.4 Å². The van der Waals surface area contributed by atoms with Crippen LogP contribution < -0.4 is 10.6 Å². The number of carbonyl (C=O) groups is 1. The molecule has 0 aromatic heterocycles. The molecule has 0 saturated carbocycles. The van der Waals surface area contributed by atoms with Gasteiger partial charge in [0.05, 0.1) is 12.7 Å². The van der Waals surface area contributed by atoms with Crippen molar-refractivity contribution in [3.63, 3.8) is 0 Å². The van der Waals surface area contributed by atoms with Crippen molar-refractivity contribution in [2.45, 2.75) is 32.7 Å². The number of esters is 1. The van der Waals surface area contributed by atoms with Crippen LogP contribution in [0.2, 0.25) is 0 Å². The Hall–Kier alpha value is -1.62. The molecule has 0 amide bonds. The summed E-state index contributed by atoms with van der Waals surface area (Å²) in [4.78, 5) is 11.4. The molecule has 0 unspecified atom stereocenters. The van der Waals surface area contributed by atoms with Gasteiger partial charge in [-0.15, -0.1) is 0 Å². The molecule has 0 heterocycles. The van der Waals surface area contributed by atoms with E-state index in [-0.39, 0.29) is 5.97 Å². The van der Waals surface area contributed by atoms with Crippen LogP contribution in [-0.4, -0.2) is 24.2 Å². The Labute approximate surface area is 119 Å². The summed E-state index contributed by atoms with van der Waals surface area (Å²) in [7, 11) is 1.36. The normalized spacial score (nSPS) is 11.5. The molecule has 5 heteroatoms. The lowest BCUT2D eigenvalue weighted by molar-refractivity contribution is 0.0601. The molecule has 4 nitrogen and oxygen atoms in total. The largest absolute Gasteiger partial charge is 0.465 e. The Morgan fingerprint density at radius 3 is 2.84 bits per heavy atom. The highest BCUT2D eigenvalue weighted by atomic mass is 32.1. The molecule has 0 aliphatic rings. The molecule has 0 saturated heterocycles. The van der Waals surface area contributed by atoms with Crippen molar-refractivity contribution in [1.82, 2.24) is 5.32 Å². The van der Waals surface area contributed by atoms with Gasteiger partial charge in [0, 0.05) is 11.7 Å². The van der Waals surface area contributed by atoms with E-state index in [0.29, 0.717) is 16.7 Å². The lowest BCUT2D eigenvalue weighted by Gasteiger charge is -2.16. The van der Waals surface area contributed by atoms with Crippen LogP contribution in [-0.2, 0) is 4.74 Å². The number of carbonyl (C=O) groups excluding carboxylic acids is 1. The number of ether oxygens (including phenoxy) is 1. The summed E-state index contributed by atoms with van der Waals surface area (Å²) in [6.45, 7) is 4.22. The maximum Gasteiger partial charge on any atom is 0.337 e. The second-order valence-corrected chi connectivity index (χ2v) is 4.77. The molecule has 0 aliphatic carbocycles. The van der Waals surface area contributed by atoms with Crippen LogP contribution in [0, 0.1) is 0 Å². The number of anilines is 1. The van der Waals surface area contributed by atoms with E-state index in [1.807, 2.05) is 6.07 Å². The third-order valence-corrected chi connectivity index (χ3v) is 2.86. The lowest BCUT2D eigenvalue weighted by atomic mass is 10.2. The number of thiocarbonyl (C=S) groups is 1. The van der Waals surface area contributed by atoms with Crippen LogP contribution in [0.1, 0.15) is 37.0 Å². The zero-order valence-corrected chi connectivity index (χ0v) is 12.3. The molecular weight excluding hydrogens is 260 g/mol. The fourth-order valence-electron chi connectivity index (χ4n) is 1.74. The first-order chi connectivity index (χ1) is 9.06. The van der Waals surface area contributed by atoms with Gasteiger partial charge in [0.25, 0.3) is 0 Å². The minimum Gasteiger partial charge on any atom is -0.465 e. The van der Waals surface area contributed by atoms with Gasteiger partial charge in [0.15, 0.2) is 5.11 Å². The number of methoxy groups -OCH3 is 1. The van der Waals surface area contributed by atoms with Crippen molar-refractivity contribution < 1.29 is 9.53 Å². The van der Waals surface area contributed by atoms with E-state index in [1.54, 1.807) is 18.2 Å². The summed E-state index contributed by atoms with van der Waals surface area (Å²) in [6.07, 6.45) is 2.17. The molecule has 1 aromatic carbocycles. The maximum atomic E-state index is 11.4. The van der Waals surface area contributed by atoms with Crippen LogP contribution in [0.25, 0.3) is 0 Å². The van der Waals surface area contributed by atoms with Gasteiger partial charge in [-0.05, 0) is 43.8 Å². The zero-order valence-electron chi connectivity index (χ0n) is 11.5. The Bertz CT molecular complexity index is 449. The van der Waals surface area contributed by atoms with E-state index < -0.39 is 0 Å². The fourth-order valence-corrected chi connectivity index (χ4v) is 2.06. The van der Waals surface area contributed by atoms with Gasteiger partial charge in [-0.25, -0.2) is 4.79 Å². The first kappa shape index (κ1) is 15.4. The first-order valence-electron chi connectivity index (χ1n) is 6.32. The lowest BCUT2D eigenvalue weighted by Crippen LogP contribution is -2.35. The molecule has 0 aliphatic heterocycles. The predicted molar refractivity (Wildman–Crippen MR) is 81.5 cm³/mol. The van der Waals surface area contributed by atoms with Gasteiger partial charge in [0.1, 0.15) is 0 Å². The summed E-state index contributed by atoms with van der Waals surface area (Å²) in [5.74, 6) is -0.359. The maximum absolute atomic E-state index is 11.4.